The van der Waals surface area contributed by atoms with Gasteiger partial charge in [0.1, 0.15) is 6.10 Å². The lowest BCUT2D eigenvalue weighted by Gasteiger charge is -2.21. The molecule has 0 aliphatic rings. The molecule has 1 N–H and O–H groups in total. The summed E-state index contributed by atoms with van der Waals surface area (Å²) in [5, 5.41) is 3.41. The minimum absolute atomic E-state index is 0.170. The molecule has 0 aliphatic carbocycles. The van der Waals surface area contributed by atoms with E-state index in [1.54, 1.807) is 7.11 Å². The van der Waals surface area contributed by atoms with E-state index >= 15 is 0 Å². The van der Waals surface area contributed by atoms with Crippen molar-refractivity contribution in [2.24, 2.45) is 0 Å². The topological polar surface area (TPSA) is 30.5 Å². The highest BCUT2D eigenvalue weighted by atomic mass is 16.5. The molecule has 1 unspecified atom stereocenters. The molecule has 1 aromatic carbocycles. The van der Waals surface area contributed by atoms with Gasteiger partial charge < -0.3 is 14.8 Å². The van der Waals surface area contributed by atoms with Crippen LogP contribution >= 0.6 is 0 Å². The molecule has 0 saturated heterocycles. The average molecular weight is 265 g/mol. The highest BCUT2D eigenvalue weighted by Gasteiger charge is 2.12. The van der Waals surface area contributed by atoms with Gasteiger partial charge in [0.25, 0.3) is 0 Å². The summed E-state index contributed by atoms with van der Waals surface area (Å²) < 4.78 is 11.5. The van der Waals surface area contributed by atoms with Gasteiger partial charge in [-0.25, -0.2) is 0 Å². The first-order valence-corrected chi connectivity index (χ1v) is 7.17. The zero-order valence-corrected chi connectivity index (χ0v) is 12.8. The van der Waals surface area contributed by atoms with Gasteiger partial charge in [-0.15, -0.1) is 0 Å². The van der Waals surface area contributed by atoms with Crippen molar-refractivity contribution in [3.05, 3.63) is 23.8 Å². The number of methoxy groups -OCH3 is 1. The predicted octanol–water partition coefficient (Wildman–Crippen LogP) is 3.41. The Hall–Kier alpha value is -1.22. The van der Waals surface area contributed by atoms with Gasteiger partial charge >= 0.3 is 0 Å². The van der Waals surface area contributed by atoms with E-state index in [1.807, 2.05) is 6.07 Å². The van der Waals surface area contributed by atoms with Crippen molar-refractivity contribution in [2.75, 3.05) is 13.7 Å². The third kappa shape index (κ3) is 5.11. The second kappa shape index (κ2) is 8.05. The molecule has 0 heterocycles. The first-order valence-electron chi connectivity index (χ1n) is 7.17. The van der Waals surface area contributed by atoms with Gasteiger partial charge in [0.05, 0.1) is 7.11 Å². The molecule has 0 spiro atoms. The number of aryl methyl sites for hydroxylation is 1. The minimum Gasteiger partial charge on any atom is -0.493 e. The lowest BCUT2D eigenvalue weighted by molar-refractivity contribution is 0.182. The van der Waals surface area contributed by atoms with Gasteiger partial charge in [-0.05, 0) is 30.5 Å². The maximum absolute atomic E-state index is 6.05. The smallest absolute Gasteiger partial charge is 0.161 e. The molecule has 1 aromatic rings. The Morgan fingerprint density at radius 3 is 2.42 bits per heavy atom. The van der Waals surface area contributed by atoms with Crippen LogP contribution in [0.2, 0.25) is 0 Å². The zero-order valence-electron chi connectivity index (χ0n) is 12.8. The van der Waals surface area contributed by atoms with Crippen molar-refractivity contribution in [1.82, 2.24) is 5.32 Å². The monoisotopic (exact) mass is 265 g/mol. The van der Waals surface area contributed by atoms with Crippen LogP contribution in [0.15, 0.2) is 18.2 Å². The van der Waals surface area contributed by atoms with E-state index in [4.69, 9.17) is 9.47 Å². The number of nitrogens with one attached hydrogen (secondary N) is 1. The van der Waals surface area contributed by atoms with Crippen LogP contribution in [-0.2, 0) is 6.42 Å². The Labute approximate surface area is 117 Å². The number of rotatable bonds is 8. The van der Waals surface area contributed by atoms with Crippen LogP contribution in [0.3, 0.4) is 0 Å². The summed E-state index contributed by atoms with van der Waals surface area (Å²) in [5.74, 6) is 1.65. The van der Waals surface area contributed by atoms with Crippen molar-refractivity contribution in [3.8, 4) is 11.5 Å². The summed E-state index contributed by atoms with van der Waals surface area (Å²) in [6.07, 6.45) is 2.14. The Morgan fingerprint density at radius 2 is 1.89 bits per heavy atom. The largest absolute Gasteiger partial charge is 0.493 e. The van der Waals surface area contributed by atoms with Crippen LogP contribution in [0.25, 0.3) is 0 Å². The van der Waals surface area contributed by atoms with Crippen LogP contribution in [-0.4, -0.2) is 25.8 Å². The lowest BCUT2D eigenvalue weighted by Crippen LogP contribution is -2.34. The summed E-state index contributed by atoms with van der Waals surface area (Å²) in [6.45, 7) is 9.41. The number of hydrogen-bond acceptors (Lipinski definition) is 3. The zero-order chi connectivity index (χ0) is 14.3. The molecule has 3 nitrogen and oxygen atoms in total. The lowest BCUT2D eigenvalue weighted by atomic mass is 10.1. The average Bonchev–Trinajstić information content (AvgIpc) is 2.43. The van der Waals surface area contributed by atoms with E-state index in [2.05, 4.69) is 45.1 Å². The number of ether oxygens (including phenoxy) is 2. The fourth-order valence-corrected chi connectivity index (χ4v) is 1.85. The van der Waals surface area contributed by atoms with E-state index in [9.17, 15) is 0 Å². The molecular formula is C16H27NO2. The predicted molar refractivity (Wildman–Crippen MR) is 80.2 cm³/mol. The minimum atomic E-state index is 0.170. The van der Waals surface area contributed by atoms with Gasteiger partial charge in [0.2, 0.25) is 0 Å². The molecule has 1 rings (SSSR count). The molecule has 0 aromatic heterocycles. The fraction of sp³-hybridized carbons (Fsp3) is 0.625. The summed E-state index contributed by atoms with van der Waals surface area (Å²) >= 11 is 0. The maximum Gasteiger partial charge on any atom is 0.161 e. The maximum atomic E-state index is 6.05. The van der Waals surface area contributed by atoms with Crippen LogP contribution in [0.5, 0.6) is 11.5 Å². The second-order valence-electron chi connectivity index (χ2n) is 5.05. The third-order valence-corrected chi connectivity index (χ3v) is 3.14. The Morgan fingerprint density at radius 1 is 1.16 bits per heavy atom. The van der Waals surface area contributed by atoms with Crippen LogP contribution in [0, 0.1) is 0 Å². The summed E-state index contributed by atoms with van der Waals surface area (Å²) in [7, 11) is 1.69. The van der Waals surface area contributed by atoms with Gasteiger partial charge in [-0.3, -0.25) is 0 Å². The SMILES string of the molecule is CCc1ccc(OC(CC)CNC(C)C)c(OC)c1. The van der Waals surface area contributed by atoms with Gasteiger partial charge in [0, 0.05) is 12.6 Å². The van der Waals surface area contributed by atoms with E-state index in [1.165, 1.54) is 5.56 Å². The second-order valence-corrected chi connectivity index (χ2v) is 5.05. The highest BCUT2D eigenvalue weighted by Crippen LogP contribution is 2.29. The molecule has 0 radical (unpaired) electrons. The standard InChI is InChI=1S/C16H27NO2/c1-6-13-8-9-15(16(10-13)18-5)19-14(7-2)11-17-12(3)4/h8-10,12,14,17H,6-7,11H2,1-5H3. The Balaban J connectivity index is 2.73. The van der Waals surface area contributed by atoms with Gasteiger partial charge in [-0.2, -0.15) is 0 Å². The number of hydrogen-bond donors (Lipinski definition) is 1. The quantitative estimate of drug-likeness (QED) is 0.781. The molecule has 1 atom stereocenters. The third-order valence-electron chi connectivity index (χ3n) is 3.14. The number of benzene rings is 1. The molecular weight excluding hydrogens is 238 g/mol. The molecule has 0 aliphatic heterocycles. The van der Waals surface area contributed by atoms with Crippen LogP contribution in [0.4, 0.5) is 0 Å². The first kappa shape index (κ1) is 15.8. The van der Waals surface area contributed by atoms with Crippen LogP contribution in [0.1, 0.15) is 39.7 Å². The molecule has 19 heavy (non-hydrogen) atoms. The van der Waals surface area contributed by atoms with Gasteiger partial charge in [0.15, 0.2) is 11.5 Å². The molecule has 0 amide bonds. The normalized spacial score (nSPS) is 12.5. The van der Waals surface area contributed by atoms with Crippen molar-refractivity contribution in [1.29, 1.82) is 0 Å². The van der Waals surface area contributed by atoms with Crippen LogP contribution < -0.4 is 14.8 Å². The van der Waals surface area contributed by atoms with Crippen molar-refractivity contribution in [2.45, 2.75) is 52.7 Å². The Kier molecular flexibility index (Phi) is 6.71. The van der Waals surface area contributed by atoms with E-state index in [0.29, 0.717) is 6.04 Å². The van der Waals surface area contributed by atoms with Gasteiger partial charge in [-0.1, -0.05) is 33.8 Å². The molecule has 3 heteroatoms. The molecule has 108 valence electrons. The van der Waals surface area contributed by atoms with Crippen molar-refractivity contribution >= 4 is 0 Å². The molecule has 0 saturated carbocycles. The van der Waals surface area contributed by atoms with Crippen molar-refractivity contribution < 1.29 is 9.47 Å². The summed E-state index contributed by atoms with van der Waals surface area (Å²) in [4.78, 5) is 0. The summed E-state index contributed by atoms with van der Waals surface area (Å²) in [6, 6.07) is 6.63. The van der Waals surface area contributed by atoms with E-state index in [-0.39, 0.29) is 6.10 Å². The molecule has 0 bridgehead atoms. The highest BCUT2D eigenvalue weighted by molar-refractivity contribution is 5.43. The fourth-order valence-electron chi connectivity index (χ4n) is 1.85. The molecule has 0 fully saturated rings. The summed E-state index contributed by atoms with van der Waals surface area (Å²) in [5.41, 5.74) is 1.26. The first-order chi connectivity index (χ1) is 9.10. The van der Waals surface area contributed by atoms with E-state index < -0.39 is 0 Å². The van der Waals surface area contributed by atoms with E-state index in [0.717, 1.165) is 30.9 Å². The van der Waals surface area contributed by atoms with Crippen molar-refractivity contribution in [3.63, 3.8) is 0 Å². The Bertz CT molecular complexity index is 377.